The van der Waals surface area contributed by atoms with E-state index < -0.39 is 17.8 Å². The average Bonchev–Trinajstić information content (AvgIpc) is 3.49. The van der Waals surface area contributed by atoms with E-state index in [2.05, 4.69) is 49.1 Å². The van der Waals surface area contributed by atoms with Crippen LogP contribution in [0.3, 0.4) is 0 Å². The van der Waals surface area contributed by atoms with Gasteiger partial charge < -0.3 is 19.9 Å². The summed E-state index contributed by atoms with van der Waals surface area (Å²) in [7, 11) is 3.82. The van der Waals surface area contributed by atoms with Crippen molar-refractivity contribution >= 4 is 11.6 Å². The van der Waals surface area contributed by atoms with E-state index in [4.69, 9.17) is 4.74 Å². The Morgan fingerprint density at radius 1 is 1.19 bits per heavy atom. The second-order valence-electron chi connectivity index (χ2n) is 8.43. The van der Waals surface area contributed by atoms with Crippen molar-refractivity contribution < 1.29 is 22.7 Å². The minimum absolute atomic E-state index is 0.0152. The molecule has 2 aromatic heterocycles. The van der Waals surface area contributed by atoms with E-state index in [1.165, 1.54) is 6.07 Å². The molecule has 2 N–H and O–H groups in total. The molecule has 190 valence electrons. The summed E-state index contributed by atoms with van der Waals surface area (Å²) >= 11 is 0. The Morgan fingerprint density at radius 2 is 1.97 bits per heavy atom. The Balaban J connectivity index is 1.51. The van der Waals surface area contributed by atoms with Gasteiger partial charge in [0, 0.05) is 57.5 Å². The number of aromatic nitrogens is 4. The monoisotopic (exact) mass is 501 g/mol. The smallest absolute Gasteiger partial charge is 0.432 e. The highest BCUT2D eigenvalue weighted by atomic mass is 19.4. The number of aromatic amines is 1. The van der Waals surface area contributed by atoms with Gasteiger partial charge in [0.25, 0.3) is 0 Å². The average molecular weight is 502 g/mol. The van der Waals surface area contributed by atoms with Crippen LogP contribution in [0.2, 0.25) is 0 Å². The molecule has 12 heteroatoms. The number of ether oxygens (including phenoxy) is 1. The van der Waals surface area contributed by atoms with Gasteiger partial charge in [-0.25, -0.2) is 4.98 Å². The standard InChI is InChI=1S/C24H26F3N7O2/c1-32-9-11-34(12-10-32)13-14-36-20-5-3-17(23-28-16-21(30-23)24(25,26)27)15-19(20)29-22(35)6-4-18-7-8-33(2)31-18/h3,5,7-8,15-16H,9-14H2,1-2H3,(H,28,30)(H,29,35). The van der Waals surface area contributed by atoms with Gasteiger partial charge in [-0.15, -0.1) is 0 Å². The molecule has 0 radical (unpaired) electrons. The molecule has 1 amide bonds. The van der Waals surface area contributed by atoms with Crippen molar-refractivity contribution in [3.8, 4) is 29.0 Å². The van der Waals surface area contributed by atoms with Crippen molar-refractivity contribution in [2.24, 2.45) is 7.05 Å². The molecule has 36 heavy (non-hydrogen) atoms. The fourth-order valence-electron chi connectivity index (χ4n) is 3.63. The fourth-order valence-corrected chi connectivity index (χ4v) is 3.63. The first-order valence-electron chi connectivity index (χ1n) is 11.3. The molecule has 4 rings (SSSR count). The van der Waals surface area contributed by atoms with Crippen LogP contribution in [0.15, 0.2) is 36.7 Å². The van der Waals surface area contributed by atoms with Crippen molar-refractivity contribution in [3.05, 3.63) is 48.0 Å². The molecule has 0 unspecified atom stereocenters. The number of anilines is 1. The zero-order chi connectivity index (χ0) is 25.7. The van der Waals surface area contributed by atoms with Crippen LogP contribution in [-0.2, 0) is 18.0 Å². The van der Waals surface area contributed by atoms with Crippen LogP contribution in [-0.4, -0.2) is 81.8 Å². The van der Waals surface area contributed by atoms with Crippen molar-refractivity contribution in [3.63, 3.8) is 0 Å². The van der Waals surface area contributed by atoms with Crippen LogP contribution in [0.5, 0.6) is 5.75 Å². The number of piperazine rings is 1. The second-order valence-corrected chi connectivity index (χ2v) is 8.43. The van der Waals surface area contributed by atoms with Crippen LogP contribution in [0, 0.1) is 11.8 Å². The number of rotatable bonds is 6. The Bertz CT molecular complexity index is 1260. The molecule has 0 bridgehead atoms. The largest absolute Gasteiger partial charge is 0.490 e. The lowest BCUT2D eigenvalue weighted by Gasteiger charge is -2.32. The summed E-state index contributed by atoms with van der Waals surface area (Å²) in [4.78, 5) is 23.2. The summed E-state index contributed by atoms with van der Waals surface area (Å²) in [5.41, 5.74) is 0.0955. The lowest BCUT2D eigenvalue weighted by molar-refractivity contribution is -0.140. The summed E-state index contributed by atoms with van der Waals surface area (Å²) in [5, 5.41) is 6.77. The molecule has 3 aromatic rings. The molecule has 0 aliphatic carbocycles. The van der Waals surface area contributed by atoms with E-state index in [0.717, 1.165) is 32.4 Å². The minimum atomic E-state index is -4.55. The van der Waals surface area contributed by atoms with E-state index >= 15 is 0 Å². The minimum Gasteiger partial charge on any atom is -0.490 e. The summed E-state index contributed by atoms with van der Waals surface area (Å²) in [6.45, 7) is 4.92. The second kappa shape index (κ2) is 10.8. The summed E-state index contributed by atoms with van der Waals surface area (Å²) in [6, 6.07) is 6.35. The topological polar surface area (TPSA) is 91.3 Å². The van der Waals surface area contributed by atoms with E-state index in [0.29, 0.717) is 30.2 Å². The number of imidazole rings is 1. The third-order valence-corrected chi connectivity index (χ3v) is 5.66. The molecule has 1 saturated heterocycles. The molecular weight excluding hydrogens is 475 g/mol. The van der Waals surface area contributed by atoms with E-state index in [1.807, 2.05) is 0 Å². The zero-order valence-corrected chi connectivity index (χ0v) is 19.9. The number of nitrogens with one attached hydrogen (secondary N) is 2. The van der Waals surface area contributed by atoms with Crippen LogP contribution in [0.25, 0.3) is 11.4 Å². The third kappa shape index (κ3) is 6.65. The Labute approximate surface area is 206 Å². The lowest BCUT2D eigenvalue weighted by Crippen LogP contribution is -2.45. The Hall–Kier alpha value is -3.82. The molecular formula is C24H26F3N7O2. The van der Waals surface area contributed by atoms with Crippen LogP contribution in [0.4, 0.5) is 18.9 Å². The first-order valence-corrected chi connectivity index (χ1v) is 11.3. The van der Waals surface area contributed by atoms with Crippen LogP contribution >= 0.6 is 0 Å². The molecule has 1 aromatic carbocycles. The maximum absolute atomic E-state index is 13.0. The number of carbonyl (C=O) groups is 1. The maximum atomic E-state index is 13.0. The summed E-state index contributed by atoms with van der Waals surface area (Å²) in [6.07, 6.45) is -2.11. The van der Waals surface area contributed by atoms with Gasteiger partial charge in [0.1, 0.15) is 29.6 Å². The lowest BCUT2D eigenvalue weighted by atomic mass is 10.1. The van der Waals surface area contributed by atoms with Crippen LogP contribution in [0.1, 0.15) is 11.4 Å². The van der Waals surface area contributed by atoms with Crippen molar-refractivity contribution in [1.29, 1.82) is 0 Å². The van der Waals surface area contributed by atoms with Gasteiger partial charge in [-0.3, -0.25) is 14.4 Å². The molecule has 1 fully saturated rings. The number of hydrogen-bond acceptors (Lipinski definition) is 6. The number of halogens is 3. The highest BCUT2D eigenvalue weighted by Crippen LogP contribution is 2.32. The van der Waals surface area contributed by atoms with Crippen LogP contribution < -0.4 is 10.1 Å². The van der Waals surface area contributed by atoms with E-state index in [1.54, 1.807) is 36.1 Å². The number of hydrogen-bond donors (Lipinski definition) is 2. The third-order valence-electron chi connectivity index (χ3n) is 5.66. The number of amides is 1. The molecule has 0 spiro atoms. The SMILES string of the molecule is CN1CCN(CCOc2ccc(-c3ncc(C(F)(F)F)[nH]3)cc2NC(=O)C#Cc2ccn(C)n2)CC1. The van der Waals surface area contributed by atoms with Gasteiger partial charge in [-0.05, 0) is 37.2 Å². The zero-order valence-electron chi connectivity index (χ0n) is 19.9. The molecule has 3 heterocycles. The number of nitrogens with zero attached hydrogens (tertiary/aromatic N) is 5. The van der Waals surface area contributed by atoms with Gasteiger partial charge in [0.2, 0.25) is 0 Å². The van der Waals surface area contributed by atoms with Crippen molar-refractivity contribution in [2.45, 2.75) is 6.18 Å². The number of likely N-dealkylation sites (N-methyl/N-ethyl adjacent to an activating group) is 1. The highest BCUT2D eigenvalue weighted by molar-refractivity contribution is 6.05. The Kier molecular flexibility index (Phi) is 7.61. The number of alkyl halides is 3. The van der Waals surface area contributed by atoms with Gasteiger partial charge in [-0.1, -0.05) is 0 Å². The number of H-pyrrole nitrogens is 1. The van der Waals surface area contributed by atoms with Crippen molar-refractivity contribution in [1.82, 2.24) is 29.5 Å². The van der Waals surface area contributed by atoms with Gasteiger partial charge in [0.05, 0.1) is 11.9 Å². The molecule has 0 saturated carbocycles. The number of carbonyl (C=O) groups excluding carboxylic acids is 1. The molecule has 1 aliphatic heterocycles. The first-order chi connectivity index (χ1) is 17.2. The molecule has 9 nitrogen and oxygen atoms in total. The number of aryl methyl sites for hydroxylation is 1. The predicted molar refractivity (Wildman–Crippen MR) is 127 cm³/mol. The van der Waals surface area contributed by atoms with Gasteiger partial charge in [0.15, 0.2) is 0 Å². The first kappa shape index (κ1) is 25.3. The summed E-state index contributed by atoms with van der Waals surface area (Å²) < 4.78 is 46.5. The normalized spacial score (nSPS) is 14.8. The predicted octanol–water partition coefficient (Wildman–Crippen LogP) is 2.45. The van der Waals surface area contributed by atoms with E-state index in [-0.39, 0.29) is 11.5 Å². The highest BCUT2D eigenvalue weighted by Gasteiger charge is 2.33. The molecule has 1 aliphatic rings. The summed E-state index contributed by atoms with van der Waals surface area (Å²) in [5.74, 6) is 4.92. The van der Waals surface area contributed by atoms with Gasteiger partial charge >= 0.3 is 12.1 Å². The maximum Gasteiger partial charge on any atom is 0.432 e. The number of benzene rings is 1. The fraction of sp³-hybridized carbons (Fsp3) is 0.375. The van der Waals surface area contributed by atoms with Crippen molar-refractivity contribution in [2.75, 3.05) is 51.7 Å². The van der Waals surface area contributed by atoms with E-state index in [9.17, 15) is 18.0 Å². The molecule has 0 atom stereocenters. The van der Waals surface area contributed by atoms with Gasteiger partial charge in [-0.2, -0.15) is 18.3 Å². The quantitative estimate of drug-likeness (QED) is 0.505. The Morgan fingerprint density at radius 3 is 2.64 bits per heavy atom.